The molecule has 0 fully saturated rings. The Morgan fingerprint density at radius 2 is 1.81 bits per heavy atom. The van der Waals surface area contributed by atoms with E-state index in [1.165, 1.54) is 7.11 Å². The minimum Gasteiger partial charge on any atom is -0.497 e. The van der Waals surface area contributed by atoms with E-state index in [1.807, 2.05) is 25.1 Å². The van der Waals surface area contributed by atoms with Crippen LogP contribution >= 0.6 is 11.6 Å². The summed E-state index contributed by atoms with van der Waals surface area (Å²) in [5.41, 5.74) is 2.55. The van der Waals surface area contributed by atoms with Crippen LogP contribution in [-0.4, -0.2) is 32.4 Å². The number of benzene rings is 3. The highest BCUT2D eigenvalue weighted by atomic mass is 35.5. The Balaban J connectivity index is 1.84. The maximum atomic E-state index is 13.4. The zero-order valence-electron chi connectivity index (χ0n) is 17.4. The predicted octanol–water partition coefficient (Wildman–Crippen LogP) is 5.23. The number of nitrogens with zero attached hydrogens (tertiary/aromatic N) is 3. The minimum atomic E-state index is -3.03. The summed E-state index contributed by atoms with van der Waals surface area (Å²) in [5, 5.41) is 12.4. The summed E-state index contributed by atoms with van der Waals surface area (Å²) in [5.74, 6) is 4.59. The van der Waals surface area contributed by atoms with Crippen LogP contribution in [0.4, 0.5) is 17.3 Å². The van der Waals surface area contributed by atoms with Gasteiger partial charge in [-0.1, -0.05) is 23.7 Å². The van der Waals surface area contributed by atoms with Crippen molar-refractivity contribution in [3.63, 3.8) is 0 Å². The lowest BCUT2D eigenvalue weighted by Gasteiger charge is -2.21. The molecular formula is C23H21ClN4O3S. The molecule has 0 amide bonds. The molecular weight excluding hydrogens is 448 g/mol. The van der Waals surface area contributed by atoms with E-state index in [0.717, 1.165) is 10.6 Å². The van der Waals surface area contributed by atoms with Gasteiger partial charge in [-0.3, -0.25) is 9.93 Å². The Morgan fingerprint density at radius 1 is 1.06 bits per heavy atom. The van der Waals surface area contributed by atoms with Crippen molar-refractivity contribution in [3.8, 4) is 5.75 Å². The van der Waals surface area contributed by atoms with E-state index < -0.39 is 9.71 Å². The number of halogens is 1. The van der Waals surface area contributed by atoms with E-state index in [2.05, 4.69) is 20.6 Å². The molecule has 1 aromatic heterocycles. The molecule has 32 heavy (non-hydrogen) atoms. The van der Waals surface area contributed by atoms with Gasteiger partial charge in [-0.2, -0.15) is 0 Å². The van der Waals surface area contributed by atoms with E-state index in [4.69, 9.17) is 16.3 Å². The number of aryl methyl sites for hydroxylation is 1. The molecule has 0 aliphatic heterocycles. The normalized spacial score (nSPS) is 12.9. The Morgan fingerprint density at radius 3 is 2.53 bits per heavy atom. The lowest BCUT2D eigenvalue weighted by atomic mass is 10.2. The summed E-state index contributed by atoms with van der Waals surface area (Å²) in [6.45, 7) is 1.94. The van der Waals surface area contributed by atoms with Crippen molar-refractivity contribution in [2.24, 2.45) is 0 Å². The lowest BCUT2D eigenvalue weighted by Crippen LogP contribution is -2.20. The molecule has 0 saturated carbocycles. The molecule has 0 aliphatic carbocycles. The standard InChI is InChI=1S/C23H21ClN4O3S/c1-15-7-12-20-21(13-15)26-23(28(29)17-5-4-6-18(14-17)31-2)22(25-20)27-32(3,30)19-10-8-16(24)9-11-19/h4-14,29H,3H2,1-2H3,(H,25,27,30). The van der Waals surface area contributed by atoms with Gasteiger partial charge in [0.05, 0.1) is 33.5 Å². The van der Waals surface area contributed by atoms with Crippen LogP contribution in [0.15, 0.2) is 71.6 Å². The Hall–Kier alpha value is -3.33. The number of aromatic nitrogens is 2. The third-order valence-electron chi connectivity index (χ3n) is 4.76. The van der Waals surface area contributed by atoms with Crippen molar-refractivity contribution in [1.82, 2.24) is 9.97 Å². The number of nitrogens with one attached hydrogen (secondary N) is 1. The maximum absolute atomic E-state index is 13.4. The summed E-state index contributed by atoms with van der Waals surface area (Å²) >= 11 is 5.95. The number of hydrogen-bond donors (Lipinski definition) is 2. The molecule has 0 saturated heterocycles. The first kappa shape index (κ1) is 21.9. The number of methoxy groups -OCH3 is 1. The van der Waals surface area contributed by atoms with Crippen molar-refractivity contribution in [2.45, 2.75) is 11.8 Å². The van der Waals surface area contributed by atoms with Crippen molar-refractivity contribution >= 4 is 55.5 Å². The summed E-state index contributed by atoms with van der Waals surface area (Å²) in [7, 11) is -1.49. The van der Waals surface area contributed by atoms with Crippen LogP contribution in [0.2, 0.25) is 5.02 Å². The quantitative estimate of drug-likeness (QED) is 0.297. The van der Waals surface area contributed by atoms with Gasteiger partial charge in [0.15, 0.2) is 5.82 Å². The molecule has 3 aromatic carbocycles. The average Bonchev–Trinajstić information content (AvgIpc) is 2.78. The van der Waals surface area contributed by atoms with Crippen LogP contribution < -0.4 is 14.5 Å². The van der Waals surface area contributed by atoms with Gasteiger partial charge in [0.25, 0.3) is 0 Å². The zero-order chi connectivity index (χ0) is 22.9. The van der Waals surface area contributed by atoms with Gasteiger partial charge < -0.3 is 4.74 Å². The summed E-state index contributed by atoms with van der Waals surface area (Å²) in [6.07, 6.45) is 0. The molecule has 7 nitrogen and oxygen atoms in total. The largest absolute Gasteiger partial charge is 0.497 e. The second-order valence-corrected chi connectivity index (χ2v) is 9.59. The Kier molecular flexibility index (Phi) is 5.92. The van der Waals surface area contributed by atoms with Crippen molar-refractivity contribution in [1.29, 1.82) is 0 Å². The van der Waals surface area contributed by atoms with Gasteiger partial charge in [-0.25, -0.2) is 19.2 Å². The van der Waals surface area contributed by atoms with Gasteiger partial charge >= 0.3 is 0 Å². The third kappa shape index (κ3) is 4.47. The molecule has 1 heterocycles. The van der Waals surface area contributed by atoms with Crippen molar-refractivity contribution < 1.29 is 14.2 Å². The molecule has 2 N–H and O–H groups in total. The van der Waals surface area contributed by atoms with Crippen molar-refractivity contribution in [3.05, 3.63) is 77.3 Å². The highest BCUT2D eigenvalue weighted by molar-refractivity contribution is 8.01. The fourth-order valence-corrected chi connectivity index (χ4v) is 4.37. The van der Waals surface area contributed by atoms with Gasteiger partial charge in [-0.15, -0.1) is 0 Å². The second kappa shape index (κ2) is 8.66. The minimum absolute atomic E-state index is 0.0710. The van der Waals surface area contributed by atoms with Gasteiger partial charge in [0.1, 0.15) is 5.75 Å². The molecule has 1 unspecified atom stereocenters. The Bertz CT molecular complexity index is 1390. The molecule has 0 bridgehead atoms. The average molecular weight is 469 g/mol. The first-order valence-electron chi connectivity index (χ1n) is 9.59. The van der Waals surface area contributed by atoms with Crippen LogP contribution in [0.5, 0.6) is 5.75 Å². The van der Waals surface area contributed by atoms with Crippen molar-refractivity contribution in [2.75, 3.05) is 16.9 Å². The summed E-state index contributed by atoms with van der Waals surface area (Å²) in [6, 6.07) is 18.9. The highest BCUT2D eigenvalue weighted by Crippen LogP contribution is 2.32. The second-order valence-electron chi connectivity index (χ2n) is 7.13. The molecule has 0 aliphatic rings. The van der Waals surface area contributed by atoms with Gasteiger partial charge in [0, 0.05) is 16.0 Å². The van der Waals surface area contributed by atoms with E-state index in [9.17, 15) is 9.42 Å². The monoisotopic (exact) mass is 468 g/mol. The van der Waals surface area contributed by atoms with E-state index in [1.54, 1.807) is 48.5 Å². The number of anilines is 3. The molecule has 0 spiro atoms. The summed E-state index contributed by atoms with van der Waals surface area (Å²) < 4.78 is 21.5. The SMILES string of the molecule is C=S(=O)(Nc1nc2ccc(C)cc2nc1N(O)c1cccc(OC)c1)c1ccc(Cl)cc1. The zero-order valence-corrected chi connectivity index (χ0v) is 19.0. The summed E-state index contributed by atoms with van der Waals surface area (Å²) in [4.78, 5) is 9.61. The third-order valence-corrected chi connectivity index (χ3v) is 6.56. The Labute approximate surface area is 191 Å². The van der Waals surface area contributed by atoms with Crippen LogP contribution in [-0.2, 0) is 9.71 Å². The van der Waals surface area contributed by atoms with Crippen LogP contribution in [0, 0.1) is 6.92 Å². The van der Waals surface area contributed by atoms with E-state index >= 15 is 0 Å². The number of ether oxygens (including phenoxy) is 1. The number of fused-ring (bicyclic) bond motifs is 1. The van der Waals surface area contributed by atoms with E-state index in [-0.39, 0.29) is 11.6 Å². The maximum Gasteiger partial charge on any atom is 0.202 e. The van der Waals surface area contributed by atoms with Gasteiger partial charge in [-0.05, 0) is 66.9 Å². The fraction of sp³-hybridized carbons (Fsp3) is 0.0870. The molecule has 4 rings (SSSR count). The number of rotatable bonds is 6. The van der Waals surface area contributed by atoms with E-state index in [0.29, 0.717) is 32.4 Å². The molecule has 164 valence electrons. The molecule has 1 atom stereocenters. The molecule has 0 radical (unpaired) electrons. The lowest BCUT2D eigenvalue weighted by molar-refractivity contribution is 0.297. The predicted molar refractivity (Wildman–Crippen MR) is 130 cm³/mol. The molecule has 4 aromatic rings. The van der Waals surface area contributed by atoms with Gasteiger partial charge in [0.2, 0.25) is 5.82 Å². The highest BCUT2D eigenvalue weighted by Gasteiger charge is 2.20. The first-order valence-corrected chi connectivity index (χ1v) is 11.7. The fourth-order valence-electron chi connectivity index (χ4n) is 3.11. The molecule has 9 heteroatoms. The first-order chi connectivity index (χ1) is 15.3. The smallest absolute Gasteiger partial charge is 0.202 e. The number of hydrogen-bond acceptors (Lipinski definition) is 6. The van der Waals surface area contributed by atoms with Crippen LogP contribution in [0.25, 0.3) is 11.0 Å². The topological polar surface area (TPSA) is 87.6 Å². The van der Waals surface area contributed by atoms with Crippen LogP contribution in [0.3, 0.4) is 0 Å². The van der Waals surface area contributed by atoms with Crippen LogP contribution in [0.1, 0.15) is 5.56 Å².